The Bertz CT molecular complexity index is 844. The summed E-state index contributed by atoms with van der Waals surface area (Å²) < 4.78 is 32.3. The van der Waals surface area contributed by atoms with Gasteiger partial charge in [-0.3, -0.25) is 0 Å². The lowest BCUT2D eigenvalue weighted by Gasteiger charge is -2.34. The number of ether oxygens (including phenoxy) is 1. The van der Waals surface area contributed by atoms with E-state index in [-0.39, 0.29) is 18.0 Å². The van der Waals surface area contributed by atoms with E-state index in [1.54, 1.807) is 0 Å². The number of para-hydroxylation sites is 1. The van der Waals surface area contributed by atoms with E-state index in [0.29, 0.717) is 25.5 Å². The molecule has 1 fully saturated rings. The van der Waals surface area contributed by atoms with Crippen LogP contribution in [0.15, 0.2) is 30.3 Å². The molecule has 7 heteroatoms. The highest BCUT2D eigenvalue weighted by molar-refractivity contribution is 7.89. The van der Waals surface area contributed by atoms with Crippen LogP contribution in [-0.4, -0.2) is 55.3 Å². The lowest BCUT2D eigenvalue weighted by molar-refractivity contribution is -0.0440. The molecule has 2 unspecified atom stereocenters. The van der Waals surface area contributed by atoms with Crippen LogP contribution in [0.25, 0.3) is 10.9 Å². The standard InChI is InChI=1S/C18H25N3O3S/c1-13-10-18(20-17-7-5-4-6-16(13)17)19-8-9-25(22,23)21-11-14(2)24-15(3)12-21/h4-7,10,14-15H,8-9,11-12H2,1-3H3,(H,19,20). The van der Waals surface area contributed by atoms with Crippen LogP contribution in [0.5, 0.6) is 0 Å². The van der Waals surface area contributed by atoms with Gasteiger partial charge in [-0.05, 0) is 38.5 Å². The van der Waals surface area contributed by atoms with Crippen molar-refractivity contribution in [2.24, 2.45) is 0 Å². The molecule has 0 bridgehead atoms. The SMILES string of the molecule is Cc1cc(NCCS(=O)(=O)N2CC(C)OC(C)C2)nc2ccccc12. The normalized spacial score (nSPS) is 22.2. The Balaban J connectivity index is 1.64. The quantitative estimate of drug-likeness (QED) is 0.883. The second-order valence-corrected chi connectivity index (χ2v) is 8.75. The lowest BCUT2D eigenvalue weighted by Crippen LogP contribution is -2.49. The zero-order valence-corrected chi connectivity index (χ0v) is 15.7. The van der Waals surface area contributed by atoms with E-state index in [1.165, 1.54) is 4.31 Å². The largest absolute Gasteiger partial charge is 0.373 e. The molecule has 136 valence electrons. The van der Waals surface area contributed by atoms with Gasteiger partial charge in [-0.2, -0.15) is 4.31 Å². The van der Waals surface area contributed by atoms with E-state index in [2.05, 4.69) is 10.3 Å². The number of sulfonamides is 1. The molecule has 1 saturated heterocycles. The summed E-state index contributed by atoms with van der Waals surface area (Å²) in [5, 5.41) is 4.26. The molecule has 25 heavy (non-hydrogen) atoms. The van der Waals surface area contributed by atoms with Gasteiger partial charge >= 0.3 is 0 Å². The van der Waals surface area contributed by atoms with Gasteiger partial charge in [-0.1, -0.05) is 18.2 Å². The molecule has 1 N–H and O–H groups in total. The number of benzene rings is 1. The van der Waals surface area contributed by atoms with Gasteiger partial charge in [0.1, 0.15) is 5.82 Å². The van der Waals surface area contributed by atoms with E-state index in [1.807, 2.05) is 51.1 Å². The summed E-state index contributed by atoms with van der Waals surface area (Å²) in [5.74, 6) is 0.745. The number of fused-ring (bicyclic) bond motifs is 1. The summed E-state index contributed by atoms with van der Waals surface area (Å²) in [6.45, 7) is 6.99. The Morgan fingerprint density at radius 1 is 1.24 bits per heavy atom. The highest BCUT2D eigenvalue weighted by Gasteiger charge is 2.30. The van der Waals surface area contributed by atoms with Crippen molar-refractivity contribution in [2.45, 2.75) is 33.0 Å². The van der Waals surface area contributed by atoms with Gasteiger partial charge in [0.25, 0.3) is 0 Å². The Labute approximate surface area is 149 Å². The maximum Gasteiger partial charge on any atom is 0.216 e. The predicted molar refractivity (Wildman–Crippen MR) is 100 cm³/mol. The van der Waals surface area contributed by atoms with Crippen molar-refractivity contribution < 1.29 is 13.2 Å². The zero-order valence-electron chi connectivity index (χ0n) is 14.9. The molecule has 2 aromatic rings. The van der Waals surface area contributed by atoms with Crippen molar-refractivity contribution in [1.29, 1.82) is 0 Å². The van der Waals surface area contributed by atoms with Gasteiger partial charge in [0.15, 0.2) is 0 Å². The van der Waals surface area contributed by atoms with Crippen molar-refractivity contribution in [3.05, 3.63) is 35.9 Å². The van der Waals surface area contributed by atoms with Crippen LogP contribution in [-0.2, 0) is 14.8 Å². The Morgan fingerprint density at radius 3 is 2.64 bits per heavy atom. The number of rotatable bonds is 5. The molecule has 2 atom stereocenters. The summed E-state index contributed by atoms with van der Waals surface area (Å²) in [6.07, 6.45) is -0.146. The predicted octanol–water partition coefficient (Wildman–Crippen LogP) is 2.39. The summed E-state index contributed by atoms with van der Waals surface area (Å²) in [7, 11) is -3.31. The molecule has 0 aliphatic carbocycles. The first-order valence-electron chi connectivity index (χ1n) is 8.59. The molecule has 0 radical (unpaired) electrons. The van der Waals surface area contributed by atoms with E-state index >= 15 is 0 Å². The molecule has 3 rings (SSSR count). The van der Waals surface area contributed by atoms with Crippen molar-refractivity contribution >= 4 is 26.7 Å². The third kappa shape index (κ3) is 4.29. The number of aromatic nitrogens is 1. The van der Waals surface area contributed by atoms with Crippen molar-refractivity contribution in [1.82, 2.24) is 9.29 Å². The fourth-order valence-electron chi connectivity index (χ4n) is 3.24. The molecular weight excluding hydrogens is 338 g/mol. The minimum atomic E-state index is -3.31. The molecule has 1 aromatic carbocycles. The number of hydrogen-bond acceptors (Lipinski definition) is 5. The molecular formula is C18H25N3O3S. The molecule has 1 aliphatic rings. The van der Waals surface area contributed by atoms with Crippen LogP contribution in [0.1, 0.15) is 19.4 Å². The van der Waals surface area contributed by atoms with E-state index in [0.717, 1.165) is 16.5 Å². The smallest absolute Gasteiger partial charge is 0.216 e. The van der Waals surface area contributed by atoms with Gasteiger partial charge in [0, 0.05) is 25.0 Å². The topological polar surface area (TPSA) is 71.5 Å². The molecule has 1 aliphatic heterocycles. The highest BCUT2D eigenvalue weighted by atomic mass is 32.2. The van der Waals surface area contributed by atoms with Crippen LogP contribution in [0.3, 0.4) is 0 Å². The minimum absolute atomic E-state index is 0.0417. The third-order valence-corrected chi connectivity index (χ3v) is 6.17. The van der Waals surface area contributed by atoms with Gasteiger partial charge in [0.2, 0.25) is 10.0 Å². The summed E-state index contributed by atoms with van der Waals surface area (Å²) in [4.78, 5) is 4.55. The van der Waals surface area contributed by atoms with Crippen molar-refractivity contribution in [2.75, 3.05) is 30.7 Å². The van der Waals surface area contributed by atoms with E-state index in [4.69, 9.17) is 4.74 Å². The third-order valence-electron chi connectivity index (χ3n) is 4.37. The average Bonchev–Trinajstić information content (AvgIpc) is 2.54. The number of pyridine rings is 1. The van der Waals surface area contributed by atoms with E-state index in [9.17, 15) is 8.42 Å². The van der Waals surface area contributed by atoms with Crippen LogP contribution >= 0.6 is 0 Å². The van der Waals surface area contributed by atoms with Crippen molar-refractivity contribution in [3.8, 4) is 0 Å². The molecule has 0 saturated carbocycles. The molecule has 6 nitrogen and oxygen atoms in total. The number of aryl methyl sites for hydroxylation is 1. The monoisotopic (exact) mass is 363 g/mol. The zero-order chi connectivity index (χ0) is 18.0. The molecule has 0 amide bonds. The summed E-state index contributed by atoms with van der Waals surface area (Å²) in [5.41, 5.74) is 2.02. The first-order chi connectivity index (χ1) is 11.8. The number of nitrogens with zero attached hydrogens (tertiary/aromatic N) is 2. The summed E-state index contributed by atoms with van der Waals surface area (Å²) >= 11 is 0. The van der Waals surface area contributed by atoms with Gasteiger partial charge in [-0.15, -0.1) is 0 Å². The van der Waals surface area contributed by atoms with E-state index < -0.39 is 10.0 Å². The average molecular weight is 363 g/mol. The van der Waals surface area contributed by atoms with Gasteiger partial charge in [0.05, 0.1) is 23.5 Å². The first-order valence-corrected chi connectivity index (χ1v) is 10.2. The Kier molecular flexibility index (Phi) is 5.27. The molecule has 1 aromatic heterocycles. The van der Waals surface area contributed by atoms with Crippen LogP contribution in [0.4, 0.5) is 5.82 Å². The molecule has 2 heterocycles. The summed E-state index contributed by atoms with van der Waals surface area (Å²) in [6, 6.07) is 9.88. The first kappa shape index (κ1) is 18.1. The lowest BCUT2D eigenvalue weighted by atomic mass is 10.1. The van der Waals surface area contributed by atoms with Crippen LogP contribution in [0.2, 0.25) is 0 Å². The fourth-order valence-corrected chi connectivity index (χ4v) is 4.73. The Hall–Kier alpha value is -1.70. The second-order valence-electron chi connectivity index (χ2n) is 6.66. The van der Waals surface area contributed by atoms with Gasteiger partial charge < -0.3 is 10.1 Å². The number of morpholine rings is 1. The number of hydrogen-bond donors (Lipinski definition) is 1. The Morgan fingerprint density at radius 2 is 1.92 bits per heavy atom. The molecule has 0 spiro atoms. The number of nitrogens with one attached hydrogen (secondary N) is 1. The van der Waals surface area contributed by atoms with Crippen LogP contribution < -0.4 is 5.32 Å². The van der Waals surface area contributed by atoms with Crippen molar-refractivity contribution in [3.63, 3.8) is 0 Å². The minimum Gasteiger partial charge on any atom is -0.373 e. The highest BCUT2D eigenvalue weighted by Crippen LogP contribution is 2.20. The maximum absolute atomic E-state index is 12.6. The fraction of sp³-hybridized carbons (Fsp3) is 0.500. The van der Waals surface area contributed by atoms with Crippen LogP contribution in [0, 0.1) is 6.92 Å². The van der Waals surface area contributed by atoms with Gasteiger partial charge in [-0.25, -0.2) is 13.4 Å². The number of anilines is 1. The second kappa shape index (κ2) is 7.27. The maximum atomic E-state index is 12.6.